The Morgan fingerprint density at radius 2 is 1.89 bits per heavy atom. The highest BCUT2D eigenvalue weighted by Gasteiger charge is 2.07. The van der Waals surface area contributed by atoms with Crippen LogP contribution >= 0.6 is 0 Å². The fourth-order valence-corrected chi connectivity index (χ4v) is 1.87. The number of imidazole rings is 1. The average molecular weight is 257 g/mol. The molecule has 0 radical (unpaired) electrons. The Morgan fingerprint density at radius 3 is 2.42 bits per heavy atom. The molecule has 2 rings (SSSR count). The first-order valence-corrected chi connectivity index (χ1v) is 6.06. The van der Waals surface area contributed by atoms with Gasteiger partial charge in [0.1, 0.15) is 0 Å². The number of hydrogen-bond donors (Lipinski definition) is 0. The van der Waals surface area contributed by atoms with Crippen molar-refractivity contribution in [1.29, 1.82) is 0 Å². The van der Waals surface area contributed by atoms with Crippen LogP contribution in [0.2, 0.25) is 0 Å². The average Bonchev–Trinajstić information content (AvgIpc) is 2.79. The summed E-state index contributed by atoms with van der Waals surface area (Å²) >= 11 is 0. The molecular weight excluding hydrogens is 242 g/mol. The second-order valence-electron chi connectivity index (χ2n) is 4.53. The molecule has 0 aliphatic heterocycles. The van der Waals surface area contributed by atoms with Crippen LogP contribution in [0.5, 0.6) is 0 Å². The van der Waals surface area contributed by atoms with E-state index >= 15 is 0 Å². The Labute approximate surface area is 110 Å². The largest absolute Gasteiger partial charge is 0.332 e. The van der Waals surface area contributed by atoms with E-state index in [2.05, 4.69) is 4.99 Å². The number of aliphatic imine (C=N–C) groups is 1. The molecule has 0 unspecified atom stereocenters. The van der Waals surface area contributed by atoms with Crippen molar-refractivity contribution in [2.24, 2.45) is 4.99 Å². The van der Waals surface area contributed by atoms with Gasteiger partial charge in [0.25, 0.3) is 0 Å². The maximum absolute atomic E-state index is 12.1. The minimum absolute atomic E-state index is 0.0614. The monoisotopic (exact) mass is 257 g/mol. The summed E-state index contributed by atoms with van der Waals surface area (Å²) in [7, 11) is 0. The van der Waals surface area contributed by atoms with Gasteiger partial charge in [-0.15, -0.1) is 0 Å². The van der Waals surface area contributed by atoms with Gasteiger partial charge in [-0.05, 0) is 31.5 Å². The van der Waals surface area contributed by atoms with Crippen molar-refractivity contribution in [3.63, 3.8) is 0 Å². The molecule has 19 heavy (non-hydrogen) atoms. The molecule has 98 valence electrons. The third kappa shape index (κ3) is 2.72. The third-order valence-corrected chi connectivity index (χ3v) is 2.90. The molecule has 0 amide bonds. The lowest BCUT2D eigenvalue weighted by Crippen LogP contribution is -2.24. The number of isocyanates is 1. The van der Waals surface area contributed by atoms with E-state index in [4.69, 9.17) is 0 Å². The summed E-state index contributed by atoms with van der Waals surface area (Å²) in [5.41, 5.74) is 1.64. The molecule has 0 aliphatic rings. The summed E-state index contributed by atoms with van der Waals surface area (Å²) in [6, 6.07) is 7.49. The third-order valence-electron chi connectivity index (χ3n) is 2.90. The number of benzene rings is 1. The van der Waals surface area contributed by atoms with Crippen molar-refractivity contribution >= 4 is 6.08 Å². The van der Waals surface area contributed by atoms with Crippen LogP contribution in [0.3, 0.4) is 0 Å². The molecule has 0 saturated heterocycles. The quantitative estimate of drug-likeness (QED) is 0.621. The summed E-state index contributed by atoms with van der Waals surface area (Å²) in [6.45, 7) is 4.24. The van der Waals surface area contributed by atoms with Crippen LogP contribution in [0.4, 0.5) is 0 Å². The van der Waals surface area contributed by atoms with Gasteiger partial charge in [-0.1, -0.05) is 12.1 Å². The smallest absolute Gasteiger partial charge is 0.296 e. The minimum atomic E-state index is -0.0614. The standard InChI is InChI=1S/C14H15N3O2/c1-11(2)16-7-8-17(14(16)19)13-5-3-12(4-6-13)9-15-10-18/h3-8,11H,9H2,1-2H3. The van der Waals surface area contributed by atoms with E-state index in [0.717, 1.165) is 11.3 Å². The van der Waals surface area contributed by atoms with Crippen molar-refractivity contribution in [3.8, 4) is 5.69 Å². The molecule has 5 heteroatoms. The topological polar surface area (TPSA) is 56.4 Å². The highest BCUT2D eigenvalue weighted by atomic mass is 16.1. The summed E-state index contributed by atoms with van der Waals surface area (Å²) in [5, 5.41) is 0. The van der Waals surface area contributed by atoms with Crippen molar-refractivity contribution in [1.82, 2.24) is 9.13 Å². The zero-order valence-corrected chi connectivity index (χ0v) is 10.9. The Kier molecular flexibility index (Phi) is 3.78. The van der Waals surface area contributed by atoms with Gasteiger partial charge in [-0.3, -0.25) is 9.13 Å². The summed E-state index contributed by atoms with van der Waals surface area (Å²) in [6.07, 6.45) is 5.03. The van der Waals surface area contributed by atoms with Gasteiger partial charge in [0.2, 0.25) is 6.08 Å². The maximum atomic E-state index is 12.1. The minimum Gasteiger partial charge on any atom is -0.296 e. The SMILES string of the molecule is CC(C)n1ccn(-c2ccc(CN=C=O)cc2)c1=O. The second-order valence-corrected chi connectivity index (χ2v) is 4.53. The Balaban J connectivity index is 2.32. The molecule has 0 saturated carbocycles. The van der Waals surface area contributed by atoms with Crippen LogP contribution in [0.1, 0.15) is 25.5 Å². The van der Waals surface area contributed by atoms with Gasteiger partial charge < -0.3 is 0 Å². The van der Waals surface area contributed by atoms with Crippen molar-refractivity contribution in [2.45, 2.75) is 26.4 Å². The fourth-order valence-electron chi connectivity index (χ4n) is 1.87. The van der Waals surface area contributed by atoms with Crippen LogP contribution in [0.15, 0.2) is 46.4 Å². The van der Waals surface area contributed by atoms with Crippen molar-refractivity contribution in [3.05, 3.63) is 52.7 Å². The maximum Gasteiger partial charge on any atom is 0.332 e. The zero-order valence-electron chi connectivity index (χ0n) is 10.9. The molecule has 2 aromatic rings. The van der Waals surface area contributed by atoms with E-state index in [1.165, 1.54) is 6.08 Å². The van der Waals surface area contributed by atoms with Gasteiger partial charge in [-0.25, -0.2) is 14.6 Å². The van der Waals surface area contributed by atoms with Gasteiger partial charge in [0.15, 0.2) is 0 Å². The van der Waals surface area contributed by atoms with Crippen LogP contribution in [0.25, 0.3) is 5.69 Å². The zero-order chi connectivity index (χ0) is 13.8. The first kappa shape index (κ1) is 13.1. The van der Waals surface area contributed by atoms with Gasteiger partial charge >= 0.3 is 5.69 Å². The van der Waals surface area contributed by atoms with Crippen LogP contribution in [-0.2, 0) is 11.3 Å². The van der Waals surface area contributed by atoms with Crippen molar-refractivity contribution < 1.29 is 4.79 Å². The molecule has 1 aromatic heterocycles. The molecule has 0 spiro atoms. The number of nitrogens with zero attached hydrogens (tertiary/aromatic N) is 3. The number of aromatic nitrogens is 2. The Morgan fingerprint density at radius 1 is 1.21 bits per heavy atom. The Hall–Kier alpha value is -2.39. The highest BCUT2D eigenvalue weighted by Crippen LogP contribution is 2.10. The number of hydrogen-bond acceptors (Lipinski definition) is 3. The summed E-state index contributed by atoms with van der Waals surface area (Å²) < 4.78 is 3.26. The Bertz CT molecular complexity index is 659. The number of rotatable bonds is 4. The van der Waals surface area contributed by atoms with Gasteiger partial charge in [0.05, 0.1) is 12.2 Å². The lowest BCUT2D eigenvalue weighted by Gasteiger charge is -2.05. The molecular formula is C14H15N3O2. The molecule has 5 nitrogen and oxygen atoms in total. The van der Waals surface area contributed by atoms with E-state index in [1.807, 2.05) is 38.1 Å². The van der Waals surface area contributed by atoms with E-state index in [1.54, 1.807) is 21.5 Å². The van der Waals surface area contributed by atoms with Gasteiger partial charge in [-0.2, -0.15) is 0 Å². The summed E-state index contributed by atoms with van der Waals surface area (Å²) in [4.78, 5) is 25.7. The predicted molar refractivity (Wildman–Crippen MR) is 72.2 cm³/mol. The van der Waals surface area contributed by atoms with E-state index in [-0.39, 0.29) is 11.7 Å². The van der Waals surface area contributed by atoms with Crippen LogP contribution in [-0.4, -0.2) is 15.2 Å². The first-order chi connectivity index (χ1) is 9.13. The first-order valence-electron chi connectivity index (χ1n) is 6.06. The predicted octanol–water partition coefficient (Wildman–Crippen LogP) is 2.06. The van der Waals surface area contributed by atoms with Crippen molar-refractivity contribution in [2.75, 3.05) is 0 Å². The molecule has 0 atom stereocenters. The fraction of sp³-hybridized carbons (Fsp3) is 0.286. The van der Waals surface area contributed by atoms with E-state index < -0.39 is 0 Å². The molecule has 0 bridgehead atoms. The molecule has 1 aromatic carbocycles. The second kappa shape index (κ2) is 5.50. The number of carbonyl (C=O) groups excluding carboxylic acids is 1. The summed E-state index contributed by atoms with van der Waals surface area (Å²) in [5.74, 6) is 0. The molecule has 0 N–H and O–H groups in total. The lowest BCUT2D eigenvalue weighted by molar-refractivity contribution is 0.563. The highest BCUT2D eigenvalue weighted by molar-refractivity contribution is 5.37. The van der Waals surface area contributed by atoms with Crippen LogP contribution in [0, 0.1) is 0 Å². The van der Waals surface area contributed by atoms with E-state index in [9.17, 15) is 9.59 Å². The normalized spacial score (nSPS) is 10.5. The van der Waals surface area contributed by atoms with E-state index in [0.29, 0.717) is 6.54 Å². The van der Waals surface area contributed by atoms with Crippen LogP contribution < -0.4 is 5.69 Å². The lowest BCUT2D eigenvalue weighted by atomic mass is 10.2. The molecule has 0 aliphatic carbocycles. The molecule has 0 fully saturated rings. The molecule has 1 heterocycles. The van der Waals surface area contributed by atoms with Gasteiger partial charge in [0, 0.05) is 18.4 Å².